The number of rotatable bonds is 5. The highest BCUT2D eigenvalue weighted by molar-refractivity contribution is 6.31. The molecule has 0 saturated carbocycles. The van der Waals surface area contributed by atoms with Crippen LogP contribution in [0.1, 0.15) is 23.0 Å². The minimum atomic E-state index is -0.617. The molecule has 0 fully saturated rings. The van der Waals surface area contributed by atoms with Crippen LogP contribution in [0.4, 0.5) is 0 Å². The molecule has 3 nitrogen and oxygen atoms in total. The van der Waals surface area contributed by atoms with Crippen LogP contribution in [0.5, 0.6) is 0 Å². The van der Waals surface area contributed by atoms with Crippen molar-refractivity contribution in [3.63, 3.8) is 0 Å². The van der Waals surface area contributed by atoms with Crippen LogP contribution in [-0.4, -0.2) is 11.7 Å². The number of halogens is 1. The number of hydrogen-bond acceptors (Lipinski definition) is 3. The summed E-state index contributed by atoms with van der Waals surface area (Å²) in [4.78, 5) is 0. The van der Waals surface area contributed by atoms with Crippen molar-refractivity contribution in [2.75, 3.05) is 6.54 Å². The van der Waals surface area contributed by atoms with Crippen LogP contribution >= 0.6 is 11.6 Å². The Balaban J connectivity index is 1.83. The standard InChI is InChI=1S/C14H16ClNO2/c1-10-7-11(4-5-12(10)15)8-16-9-13(17)14-3-2-6-18-14/h2-7,13,16-17H,8-9H2,1H3/t13-/m1/s1. The minimum absolute atomic E-state index is 0.454. The zero-order valence-corrected chi connectivity index (χ0v) is 10.9. The van der Waals surface area contributed by atoms with Gasteiger partial charge in [-0.1, -0.05) is 23.7 Å². The van der Waals surface area contributed by atoms with Crippen LogP contribution in [0.25, 0.3) is 0 Å². The quantitative estimate of drug-likeness (QED) is 0.873. The Hall–Kier alpha value is -1.29. The lowest BCUT2D eigenvalue weighted by Crippen LogP contribution is -2.20. The molecule has 2 aromatic rings. The first-order valence-corrected chi connectivity index (χ1v) is 6.22. The molecule has 0 aliphatic rings. The van der Waals surface area contributed by atoms with E-state index in [1.807, 2.05) is 25.1 Å². The van der Waals surface area contributed by atoms with Crippen molar-refractivity contribution >= 4 is 11.6 Å². The van der Waals surface area contributed by atoms with Crippen LogP contribution in [0, 0.1) is 6.92 Å². The van der Waals surface area contributed by atoms with Crippen molar-refractivity contribution in [1.82, 2.24) is 5.32 Å². The number of furan rings is 1. The van der Waals surface area contributed by atoms with E-state index in [4.69, 9.17) is 16.0 Å². The molecular weight excluding hydrogens is 250 g/mol. The SMILES string of the molecule is Cc1cc(CNC[C@@H](O)c2ccco2)ccc1Cl. The predicted octanol–water partition coefficient (Wildman–Crippen LogP) is 3.06. The van der Waals surface area contributed by atoms with Crippen molar-refractivity contribution in [2.45, 2.75) is 19.6 Å². The maximum atomic E-state index is 9.81. The highest BCUT2D eigenvalue weighted by Crippen LogP contribution is 2.16. The van der Waals surface area contributed by atoms with Crippen molar-refractivity contribution < 1.29 is 9.52 Å². The van der Waals surface area contributed by atoms with Gasteiger partial charge in [-0.05, 0) is 36.2 Å². The van der Waals surface area contributed by atoms with Gasteiger partial charge in [-0.25, -0.2) is 0 Å². The molecule has 1 aromatic carbocycles. The minimum Gasteiger partial charge on any atom is -0.467 e. The number of benzene rings is 1. The average molecular weight is 266 g/mol. The lowest BCUT2D eigenvalue weighted by Gasteiger charge is -2.10. The molecule has 0 unspecified atom stereocenters. The predicted molar refractivity (Wildman–Crippen MR) is 71.6 cm³/mol. The van der Waals surface area contributed by atoms with E-state index >= 15 is 0 Å². The van der Waals surface area contributed by atoms with Crippen LogP contribution in [0.3, 0.4) is 0 Å². The summed E-state index contributed by atoms with van der Waals surface area (Å²) in [5.41, 5.74) is 2.20. The maximum Gasteiger partial charge on any atom is 0.133 e. The lowest BCUT2D eigenvalue weighted by molar-refractivity contribution is 0.147. The molecule has 0 aliphatic heterocycles. The van der Waals surface area contributed by atoms with Gasteiger partial charge in [-0.15, -0.1) is 0 Å². The molecule has 1 atom stereocenters. The van der Waals surface area contributed by atoms with Gasteiger partial charge in [0.05, 0.1) is 6.26 Å². The summed E-state index contributed by atoms with van der Waals surface area (Å²) >= 11 is 5.96. The lowest BCUT2D eigenvalue weighted by atomic mass is 10.1. The molecule has 96 valence electrons. The van der Waals surface area contributed by atoms with Crippen molar-refractivity contribution in [3.8, 4) is 0 Å². The molecule has 0 aliphatic carbocycles. The Morgan fingerprint density at radius 3 is 2.89 bits per heavy atom. The zero-order chi connectivity index (χ0) is 13.0. The normalized spacial score (nSPS) is 12.6. The van der Waals surface area contributed by atoms with Gasteiger partial charge in [-0.3, -0.25) is 0 Å². The number of nitrogens with one attached hydrogen (secondary N) is 1. The Morgan fingerprint density at radius 2 is 2.22 bits per heavy atom. The van der Waals surface area contributed by atoms with Gasteiger partial charge in [-0.2, -0.15) is 0 Å². The van der Waals surface area contributed by atoms with Crippen LogP contribution in [0.15, 0.2) is 41.0 Å². The average Bonchev–Trinajstić information content (AvgIpc) is 2.87. The third-order valence-electron chi connectivity index (χ3n) is 2.76. The first-order valence-electron chi connectivity index (χ1n) is 5.84. The summed E-state index contributed by atoms with van der Waals surface area (Å²) in [5, 5.41) is 13.8. The number of aryl methyl sites for hydroxylation is 1. The van der Waals surface area contributed by atoms with Gasteiger partial charge >= 0.3 is 0 Å². The topological polar surface area (TPSA) is 45.4 Å². The van der Waals surface area contributed by atoms with Gasteiger partial charge in [0.1, 0.15) is 11.9 Å². The highest BCUT2D eigenvalue weighted by Gasteiger charge is 2.09. The van der Waals surface area contributed by atoms with Crippen molar-refractivity contribution in [1.29, 1.82) is 0 Å². The number of aliphatic hydroxyl groups is 1. The van der Waals surface area contributed by atoms with Crippen molar-refractivity contribution in [2.24, 2.45) is 0 Å². The van der Waals surface area contributed by atoms with Gasteiger partial charge in [0.25, 0.3) is 0 Å². The molecule has 0 spiro atoms. The molecule has 2 N–H and O–H groups in total. The molecule has 0 saturated heterocycles. The van der Waals surface area contributed by atoms with E-state index < -0.39 is 6.10 Å². The first-order chi connectivity index (χ1) is 8.66. The highest BCUT2D eigenvalue weighted by atomic mass is 35.5. The molecule has 4 heteroatoms. The fraction of sp³-hybridized carbons (Fsp3) is 0.286. The Bertz CT molecular complexity index is 497. The molecule has 18 heavy (non-hydrogen) atoms. The fourth-order valence-electron chi connectivity index (χ4n) is 1.75. The van der Waals surface area contributed by atoms with E-state index in [-0.39, 0.29) is 0 Å². The van der Waals surface area contributed by atoms with E-state index in [1.54, 1.807) is 18.4 Å². The largest absolute Gasteiger partial charge is 0.467 e. The Labute approximate surface area is 111 Å². The van der Waals surface area contributed by atoms with Crippen LogP contribution < -0.4 is 5.32 Å². The second kappa shape index (κ2) is 6.05. The van der Waals surface area contributed by atoms with Crippen molar-refractivity contribution in [3.05, 3.63) is 58.5 Å². The van der Waals surface area contributed by atoms with E-state index in [1.165, 1.54) is 0 Å². The molecule has 1 heterocycles. The molecule has 2 rings (SSSR count). The second-order valence-electron chi connectivity index (χ2n) is 4.25. The molecule has 0 radical (unpaired) electrons. The van der Waals surface area contributed by atoms with Crippen LogP contribution in [-0.2, 0) is 6.54 Å². The molecular formula is C14H16ClNO2. The summed E-state index contributed by atoms with van der Waals surface area (Å²) in [5.74, 6) is 0.579. The summed E-state index contributed by atoms with van der Waals surface area (Å²) in [6.07, 6.45) is 0.939. The van der Waals surface area contributed by atoms with Gasteiger partial charge < -0.3 is 14.8 Å². The van der Waals surface area contributed by atoms with E-state index in [9.17, 15) is 5.11 Å². The summed E-state index contributed by atoms with van der Waals surface area (Å²) in [6, 6.07) is 9.42. The monoisotopic (exact) mass is 265 g/mol. The van der Waals surface area contributed by atoms with Gasteiger partial charge in [0, 0.05) is 18.1 Å². The first kappa shape index (κ1) is 13.1. The van der Waals surface area contributed by atoms with E-state index in [2.05, 4.69) is 5.32 Å². The van der Waals surface area contributed by atoms with Gasteiger partial charge in [0.15, 0.2) is 0 Å². The maximum absolute atomic E-state index is 9.81. The molecule has 1 aromatic heterocycles. The van der Waals surface area contributed by atoms with E-state index in [0.29, 0.717) is 18.8 Å². The molecule has 0 bridgehead atoms. The smallest absolute Gasteiger partial charge is 0.133 e. The second-order valence-corrected chi connectivity index (χ2v) is 4.65. The summed E-state index contributed by atoms with van der Waals surface area (Å²) in [7, 11) is 0. The Morgan fingerprint density at radius 1 is 1.39 bits per heavy atom. The molecule has 0 amide bonds. The third-order valence-corrected chi connectivity index (χ3v) is 3.18. The Kier molecular flexibility index (Phi) is 4.42. The number of aliphatic hydroxyl groups excluding tert-OH is 1. The van der Waals surface area contributed by atoms with E-state index in [0.717, 1.165) is 16.1 Å². The zero-order valence-electron chi connectivity index (χ0n) is 10.2. The third kappa shape index (κ3) is 3.35. The number of hydrogen-bond donors (Lipinski definition) is 2. The van der Waals surface area contributed by atoms with Gasteiger partial charge in [0.2, 0.25) is 0 Å². The summed E-state index contributed by atoms with van der Waals surface area (Å²) < 4.78 is 5.13. The fourth-order valence-corrected chi connectivity index (χ4v) is 1.87. The van der Waals surface area contributed by atoms with Crippen LogP contribution in [0.2, 0.25) is 5.02 Å². The summed E-state index contributed by atoms with van der Waals surface area (Å²) in [6.45, 7) is 3.12.